The number of hydrogen-bond donors (Lipinski definition) is 0. The van der Waals surface area contributed by atoms with E-state index in [4.69, 9.17) is 0 Å². The maximum Gasteiger partial charge on any atom is 0.421 e. The Labute approximate surface area is 105 Å². The van der Waals surface area contributed by atoms with E-state index in [-0.39, 0.29) is 10.6 Å². The number of hydrogen-bond acceptors (Lipinski definition) is 2. The van der Waals surface area contributed by atoms with Crippen LogP contribution in [0.5, 0.6) is 0 Å². The number of rotatable bonds is 4. The van der Waals surface area contributed by atoms with Crippen LogP contribution in [-0.4, -0.2) is 0 Å². The first kappa shape index (κ1) is 13.4. The molecule has 0 unspecified atom stereocenters. The molecule has 18 heavy (non-hydrogen) atoms. The summed E-state index contributed by atoms with van der Waals surface area (Å²) in [5.41, 5.74) is 0. The molecule has 6 heteroatoms. The van der Waals surface area contributed by atoms with Crippen molar-refractivity contribution in [1.82, 2.24) is 0 Å². The summed E-state index contributed by atoms with van der Waals surface area (Å²) in [7, 11) is -7.40. The zero-order valence-corrected chi connectivity index (χ0v) is 11.0. The average molecular weight is 286 g/mol. The summed E-state index contributed by atoms with van der Waals surface area (Å²) in [6.45, 7) is 0. The highest BCUT2D eigenvalue weighted by molar-refractivity contribution is 7.78. The zero-order chi connectivity index (χ0) is 13.0. The Balaban J connectivity index is 2.52. The molecule has 0 radical (unpaired) electrons. The molecular formula is C12H10F2O2P2. The van der Waals surface area contributed by atoms with E-state index in [1.165, 1.54) is 24.3 Å². The van der Waals surface area contributed by atoms with Gasteiger partial charge >= 0.3 is 8.77 Å². The smallest absolute Gasteiger partial charge is 0.282 e. The van der Waals surface area contributed by atoms with E-state index in [1.54, 1.807) is 36.4 Å². The van der Waals surface area contributed by atoms with Crippen molar-refractivity contribution in [3.05, 3.63) is 60.7 Å². The summed E-state index contributed by atoms with van der Waals surface area (Å²) in [6, 6.07) is 16.2. The first-order valence-electron chi connectivity index (χ1n) is 5.15. The molecule has 2 nitrogen and oxygen atoms in total. The first-order chi connectivity index (χ1) is 8.63. The van der Waals surface area contributed by atoms with Crippen molar-refractivity contribution in [2.45, 2.75) is 0 Å². The van der Waals surface area contributed by atoms with Crippen LogP contribution < -0.4 is 10.6 Å². The molecule has 0 aromatic heterocycles. The fourth-order valence-corrected chi connectivity index (χ4v) is 4.46. The summed E-state index contributed by atoms with van der Waals surface area (Å²) in [5, 5.41) is 0.554. The van der Waals surface area contributed by atoms with Crippen LogP contribution in [0.4, 0.5) is 8.39 Å². The lowest BCUT2D eigenvalue weighted by atomic mass is 10.4. The van der Waals surface area contributed by atoms with Gasteiger partial charge < -0.3 is 0 Å². The molecule has 0 atom stereocenters. The normalized spacial score (nSPS) is 11.7. The molecule has 0 amide bonds. The highest BCUT2D eigenvalue weighted by atomic mass is 31.3. The van der Waals surface area contributed by atoms with E-state index < -0.39 is 16.1 Å². The topological polar surface area (TPSA) is 26.3 Å². The predicted molar refractivity (Wildman–Crippen MR) is 70.0 cm³/mol. The minimum Gasteiger partial charge on any atom is -0.282 e. The lowest BCUT2D eigenvalue weighted by molar-refractivity contribution is 0.482. The molecular weight excluding hydrogens is 276 g/mol. The van der Waals surface area contributed by atoms with Crippen LogP contribution in [0.15, 0.2) is 60.7 Å². The molecule has 0 heterocycles. The van der Waals surface area contributed by atoms with Crippen LogP contribution in [0.1, 0.15) is 0 Å². The van der Waals surface area contributed by atoms with Crippen LogP contribution in [-0.2, 0) is 8.88 Å². The van der Waals surface area contributed by atoms with Crippen molar-refractivity contribution in [3.8, 4) is 0 Å². The van der Waals surface area contributed by atoms with Gasteiger partial charge in [0.15, 0.2) is 0 Å². The lowest BCUT2D eigenvalue weighted by Gasteiger charge is -2.17. The molecule has 0 N–H and O–H groups in total. The first-order valence-corrected chi connectivity index (χ1v) is 7.82. The van der Waals surface area contributed by atoms with Gasteiger partial charge in [0.25, 0.3) is 7.37 Å². The van der Waals surface area contributed by atoms with Gasteiger partial charge in [0.05, 0.1) is 0 Å². The van der Waals surface area contributed by atoms with Crippen molar-refractivity contribution in [3.63, 3.8) is 0 Å². The molecule has 0 saturated carbocycles. The van der Waals surface area contributed by atoms with Gasteiger partial charge in [0.1, 0.15) is 0 Å². The molecule has 0 aliphatic heterocycles. The molecule has 2 aromatic carbocycles. The SMILES string of the molecule is O=P(OP(F)F)(c1ccccc1)c1ccccc1. The Hall–Kier alpha value is -1.08. The Bertz CT molecular complexity index is 503. The van der Waals surface area contributed by atoms with Crippen LogP contribution in [0.2, 0.25) is 0 Å². The maximum absolute atomic E-state index is 12.7. The summed E-state index contributed by atoms with van der Waals surface area (Å²) < 4.78 is 42.4. The summed E-state index contributed by atoms with van der Waals surface area (Å²) in [5.74, 6) is 0. The largest absolute Gasteiger partial charge is 0.421 e. The van der Waals surface area contributed by atoms with Gasteiger partial charge in [-0.25, -0.2) is 4.31 Å². The molecule has 0 spiro atoms. The van der Waals surface area contributed by atoms with Crippen LogP contribution in [0.3, 0.4) is 0 Å². The van der Waals surface area contributed by atoms with Gasteiger partial charge in [-0.2, -0.15) is 8.39 Å². The summed E-state index contributed by atoms with van der Waals surface area (Å²) in [6.07, 6.45) is 0. The Morgan fingerprint density at radius 3 is 1.56 bits per heavy atom. The quantitative estimate of drug-likeness (QED) is 0.791. The Morgan fingerprint density at radius 2 is 1.22 bits per heavy atom. The summed E-state index contributed by atoms with van der Waals surface area (Å²) >= 11 is 0. The van der Waals surface area contributed by atoms with Crippen molar-refractivity contribution in [1.29, 1.82) is 0 Å². The fourth-order valence-electron chi connectivity index (χ4n) is 1.58. The van der Waals surface area contributed by atoms with E-state index >= 15 is 0 Å². The highest BCUT2D eigenvalue weighted by Gasteiger charge is 2.32. The second kappa shape index (κ2) is 5.71. The Morgan fingerprint density at radius 1 is 0.833 bits per heavy atom. The van der Waals surface area contributed by atoms with E-state index in [9.17, 15) is 13.0 Å². The van der Waals surface area contributed by atoms with Crippen molar-refractivity contribution in [2.24, 2.45) is 0 Å². The van der Waals surface area contributed by atoms with Crippen molar-refractivity contribution in [2.75, 3.05) is 0 Å². The minimum absolute atomic E-state index is 0.277. The van der Waals surface area contributed by atoms with Crippen LogP contribution in [0.25, 0.3) is 0 Å². The molecule has 0 aliphatic rings. The van der Waals surface area contributed by atoms with Crippen LogP contribution in [0, 0.1) is 0 Å². The van der Waals surface area contributed by atoms with Gasteiger partial charge in [0, 0.05) is 10.6 Å². The van der Waals surface area contributed by atoms with E-state index in [1.807, 2.05) is 0 Å². The molecule has 0 bridgehead atoms. The lowest BCUT2D eigenvalue weighted by Crippen LogP contribution is -2.16. The monoisotopic (exact) mass is 286 g/mol. The standard InChI is InChI=1S/C12H10F2O2P2/c13-17(14)16-18(15,11-7-3-1-4-8-11)12-9-5-2-6-10-12/h1-10H. The van der Waals surface area contributed by atoms with Gasteiger partial charge in [-0.15, -0.1) is 0 Å². The molecule has 0 fully saturated rings. The van der Waals surface area contributed by atoms with Crippen molar-refractivity contribution >= 4 is 26.7 Å². The average Bonchev–Trinajstić information content (AvgIpc) is 2.40. The minimum atomic E-state index is -3.70. The van der Waals surface area contributed by atoms with E-state index in [0.717, 1.165) is 0 Å². The van der Waals surface area contributed by atoms with Gasteiger partial charge in [-0.1, -0.05) is 36.4 Å². The van der Waals surface area contributed by atoms with E-state index in [2.05, 4.69) is 4.31 Å². The molecule has 2 rings (SSSR count). The molecule has 0 aliphatic carbocycles. The highest BCUT2D eigenvalue weighted by Crippen LogP contribution is 2.58. The molecule has 2 aromatic rings. The number of halogens is 2. The third-order valence-corrected chi connectivity index (χ3v) is 5.74. The summed E-state index contributed by atoms with van der Waals surface area (Å²) in [4.78, 5) is 0. The second-order valence-corrected chi connectivity index (χ2v) is 6.70. The second-order valence-electron chi connectivity index (χ2n) is 3.51. The van der Waals surface area contributed by atoms with Gasteiger partial charge in [-0.05, 0) is 24.3 Å². The third-order valence-electron chi connectivity index (χ3n) is 2.37. The van der Waals surface area contributed by atoms with Gasteiger partial charge in [-0.3, -0.25) is 4.57 Å². The fraction of sp³-hybridized carbons (Fsp3) is 0. The number of benzene rings is 2. The van der Waals surface area contributed by atoms with Gasteiger partial charge in [0.2, 0.25) is 0 Å². The Kier molecular flexibility index (Phi) is 4.23. The molecule has 94 valence electrons. The van der Waals surface area contributed by atoms with Crippen LogP contribution >= 0.6 is 16.1 Å². The zero-order valence-electron chi connectivity index (χ0n) is 9.24. The third kappa shape index (κ3) is 2.84. The van der Waals surface area contributed by atoms with E-state index in [0.29, 0.717) is 0 Å². The van der Waals surface area contributed by atoms with Crippen molar-refractivity contribution < 1.29 is 17.3 Å². The molecule has 0 saturated heterocycles. The predicted octanol–water partition coefficient (Wildman–Crippen LogP) is 4.10. The maximum atomic E-state index is 12.7.